The maximum absolute atomic E-state index is 12.1. The summed E-state index contributed by atoms with van der Waals surface area (Å²) in [6, 6.07) is 0. The first kappa shape index (κ1) is 40.1. The lowest BCUT2D eigenvalue weighted by molar-refractivity contribution is 0.236. The van der Waals surface area contributed by atoms with E-state index in [1.54, 1.807) is 0 Å². The first-order valence-corrected chi connectivity index (χ1v) is 19.8. The van der Waals surface area contributed by atoms with Crippen molar-refractivity contribution in [3.63, 3.8) is 0 Å². The fraction of sp³-hybridized carbons (Fsp3) is 0.900. The molecule has 0 unspecified atom stereocenters. The van der Waals surface area contributed by atoms with Gasteiger partial charge in [-0.25, -0.2) is 4.57 Å². The Morgan fingerprint density at radius 1 is 0.765 bits per heavy atom. The smallest absolute Gasteiger partial charge is 0.363 e. The maximum atomic E-state index is 12.1. The van der Waals surface area contributed by atoms with Gasteiger partial charge in [0.25, 0.3) is 0 Å². The van der Waals surface area contributed by atoms with Crippen molar-refractivity contribution in [3.05, 3.63) is 0 Å². The second-order valence-electron chi connectivity index (χ2n) is 6.44. The van der Waals surface area contributed by atoms with E-state index in [4.69, 9.17) is 33.5 Å². The van der Waals surface area contributed by atoms with Crippen LogP contribution in [0.1, 0.15) is 41.5 Å². The molecule has 0 N–H and O–H groups in total. The second kappa shape index (κ2) is 27.7. The summed E-state index contributed by atoms with van der Waals surface area (Å²) in [4.78, 5) is 6.08. The van der Waals surface area contributed by atoms with Gasteiger partial charge >= 0.3 is 6.80 Å². The maximum Gasteiger partial charge on any atom is 0.389 e. The molecular formula is C20H46N3O3PS7. The molecule has 206 valence electrons. The van der Waals surface area contributed by atoms with E-state index in [9.17, 15) is 4.57 Å². The zero-order valence-electron chi connectivity index (χ0n) is 22.5. The van der Waals surface area contributed by atoms with Gasteiger partial charge in [-0.15, -0.1) is 0 Å². The van der Waals surface area contributed by atoms with Crippen LogP contribution in [0, 0.1) is 0 Å². The summed E-state index contributed by atoms with van der Waals surface area (Å²) < 4.78 is 24.1. The molecule has 0 aliphatic heterocycles. The van der Waals surface area contributed by atoms with Crippen LogP contribution in [0.15, 0.2) is 0 Å². The number of nitrogens with zero attached hydrogens (tertiary/aromatic N) is 3. The highest BCUT2D eigenvalue weighted by molar-refractivity contribution is 8.89. The van der Waals surface area contributed by atoms with Gasteiger partial charge in [0.15, 0.2) is 0 Å². The fourth-order valence-corrected chi connectivity index (χ4v) is 8.76. The normalized spacial score (nSPS) is 10.7. The highest BCUT2D eigenvalue weighted by Gasteiger charge is 2.24. The van der Waals surface area contributed by atoms with Gasteiger partial charge in [0.05, 0.1) is 13.2 Å². The molecule has 0 aliphatic rings. The lowest BCUT2D eigenvalue weighted by atomic mass is 10.5. The Morgan fingerprint density at radius 2 is 1.15 bits per heavy atom. The number of hydrogen-bond acceptors (Lipinski definition) is 11. The van der Waals surface area contributed by atoms with E-state index < -0.39 is 6.80 Å². The molecule has 0 fully saturated rings. The average Bonchev–Trinajstić information content (AvgIpc) is 2.79. The summed E-state index contributed by atoms with van der Waals surface area (Å²) in [7, 11) is 14.6. The molecule has 0 aromatic carbocycles. The molecule has 0 saturated heterocycles. The van der Waals surface area contributed by atoms with Crippen molar-refractivity contribution < 1.29 is 13.6 Å². The summed E-state index contributed by atoms with van der Waals surface area (Å²) in [5.41, 5.74) is 0. The standard InChI is InChI=1S/C10H24NO3PS.C6H12N2S4.C4H10S2/c1-5-11(6-2)9-10-16-15(12,13-7-3)14-8-4;1-7(2)5(9)11-12-6(10)8(3)4;1-3-5-6-4-2/h5-10H2,1-4H3;1-4H3;3-4H2,1-2H3. The van der Waals surface area contributed by atoms with Crippen molar-refractivity contribution >= 4 is 94.4 Å². The molecule has 6 nitrogen and oxygen atoms in total. The van der Waals surface area contributed by atoms with E-state index in [0.29, 0.717) is 13.2 Å². The molecule has 0 aromatic rings. The molecule has 0 atom stereocenters. The Labute approximate surface area is 241 Å². The van der Waals surface area contributed by atoms with Gasteiger partial charge in [-0.1, -0.05) is 73.7 Å². The van der Waals surface area contributed by atoms with E-state index in [1.165, 1.54) is 44.5 Å². The summed E-state index contributed by atoms with van der Waals surface area (Å²) in [5.74, 6) is 3.25. The lowest BCUT2D eigenvalue weighted by Crippen LogP contribution is -2.25. The Kier molecular flexibility index (Phi) is 32.7. The molecule has 34 heavy (non-hydrogen) atoms. The van der Waals surface area contributed by atoms with Gasteiger partial charge in [-0.2, -0.15) is 0 Å². The molecule has 0 aromatic heterocycles. The van der Waals surface area contributed by atoms with Crippen LogP contribution in [0.2, 0.25) is 0 Å². The van der Waals surface area contributed by atoms with Crippen LogP contribution >= 0.6 is 85.8 Å². The minimum Gasteiger partial charge on any atom is -0.363 e. The molecule has 0 heterocycles. The van der Waals surface area contributed by atoms with Gasteiger partial charge in [-0.05, 0) is 59.9 Å². The van der Waals surface area contributed by atoms with Crippen molar-refractivity contribution in [3.8, 4) is 0 Å². The van der Waals surface area contributed by atoms with Crippen LogP contribution < -0.4 is 0 Å². The Bertz CT molecular complexity index is 510. The third-order valence-electron chi connectivity index (χ3n) is 3.36. The van der Waals surface area contributed by atoms with Crippen LogP contribution in [0.5, 0.6) is 0 Å². The van der Waals surface area contributed by atoms with Crippen molar-refractivity contribution in [2.24, 2.45) is 0 Å². The molecule has 0 saturated carbocycles. The zero-order valence-corrected chi connectivity index (χ0v) is 29.1. The number of thiocarbonyl (C=S) groups is 2. The zero-order chi connectivity index (χ0) is 27.0. The highest BCUT2D eigenvalue weighted by Crippen LogP contribution is 2.60. The monoisotopic (exact) mass is 631 g/mol. The summed E-state index contributed by atoms with van der Waals surface area (Å²) in [5, 5.41) is 0. The fourth-order valence-electron chi connectivity index (χ4n) is 1.64. The van der Waals surface area contributed by atoms with E-state index in [1.807, 2.05) is 73.4 Å². The highest BCUT2D eigenvalue weighted by atomic mass is 33.1. The van der Waals surface area contributed by atoms with Crippen LogP contribution in [-0.4, -0.2) is 102 Å². The van der Waals surface area contributed by atoms with E-state index in [2.05, 4.69) is 32.6 Å². The van der Waals surface area contributed by atoms with Crippen molar-refractivity contribution in [2.45, 2.75) is 41.5 Å². The Balaban J connectivity index is -0.000000469. The molecule has 14 heteroatoms. The van der Waals surface area contributed by atoms with Crippen molar-refractivity contribution in [1.29, 1.82) is 0 Å². The first-order valence-electron chi connectivity index (χ1n) is 11.3. The van der Waals surface area contributed by atoms with Crippen molar-refractivity contribution in [2.75, 3.05) is 78.3 Å². The van der Waals surface area contributed by atoms with Crippen LogP contribution in [0.25, 0.3) is 0 Å². The van der Waals surface area contributed by atoms with E-state index >= 15 is 0 Å². The summed E-state index contributed by atoms with van der Waals surface area (Å²) >= 11 is 11.4. The first-order chi connectivity index (χ1) is 16.0. The minimum absolute atomic E-state index is 0.426. The predicted octanol–water partition coefficient (Wildman–Crippen LogP) is 7.71. The SMILES string of the molecule is CCOP(=O)(OCC)SCCN(CC)CC.CCSSCC.CN(C)C(=S)SSC(=S)N(C)C. The summed E-state index contributed by atoms with van der Waals surface area (Å²) in [6.45, 7) is 13.2. The number of hydrogen-bond donors (Lipinski definition) is 0. The predicted molar refractivity (Wildman–Crippen MR) is 175 cm³/mol. The molecule has 0 spiro atoms. The topological polar surface area (TPSA) is 45.3 Å². The third-order valence-corrected chi connectivity index (χ3v) is 14.0. The van der Waals surface area contributed by atoms with Crippen molar-refractivity contribution in [1.82, 2.24) is 14.7 Å². The minimum atomic E-state index is -2.91. The molecule has 0 radical (unpaired) electrons. The van der Waals surface area contributed by atoms with Crippen LogP contribution in [0.3, 0.4) is 0 Å². The molecule has 0 rings (SSSR count). The second-order valence-corrected chi connectivity index (χ2v) is 17.1. The Morgan fingerprint density at radius 3 is 1.41 bits per heavy atom. The number of rotatable bonds is 13. The molecular weight excluding hydrogens is 586 g/mol. The molecule has 0 aliphatic carbocycles. The van der Waals surface area contributed by atoms with Gasteiger partial charge in [0.2, 0.25) is 0 Å². The van der Waals surface area contributed by atoms with Crippen LogP contribution in [0.4, 0.5) is 0 Å². The van der Waals surface area contributed by atoms with Gasteiger partial charge in [-0.3, -0.25) is 0 Å². The van der Waals surface area contributed by atoms with Gasteiger partial charge in [0.1, 0.15) is 8.64 Å². The molecule has 0 bridgehead atoms. The third kappa shape index (κ3) is 26.7. The molecule has 0 amide bonds. The van der Waals surface area contributed by atoms with E-state index in [-0.39, 0.29) is 0 Å². The summed E-state index contributed by atoms with van der Waals surface area (Å²) in [6.07, 6.45) is 0. The largest absolute Gasteiger partial charge is 0.389 e. The van der Waals surface area contributed by atoms with E-state index in [0.717, 1.165) is 34.0 Å². The van der Waals surface area contributed by atoms with Gasteiger partial charge in [0, 0.05) is 52.0 Å². The Hall–Kier alpha value is 1.64. The lowest BCUT2D eigenvalue weighted by Gasteiger charge is -2.20. The van der Waals surface area contributed by atoms with Crippen LogP contribution in [-0.2, 0) is 13.6 Å². The average molecular weight is 632 g/mol. The van der Waals surface area contributed by atoms with Gasteiger partial charge < -0.3 is 23.7 Å². The quantitative estimate of drug-likeness (QED) is 0.0864.